The quantitative estimate of drug-likeness (QED) is 0.279. The van der Waals surface area contributed by atoms with E-state index >= 15 is 0 Å². The molecule has 0 N–H and O–H groups in total. The van der Waals surface area contributed by atoms with E-state index in [0.717, 1.165) is 20.6 Å². The number of fused-ring (bicyclic) bond motifs is 2. The minimum absolute atomic E-state index is 0.00424. The molecule has 36 heavy (non-hydrogen) atoms. The third kappa shape index (κ3) is 3.96. The van der Waals surface area contributed by atoms with Gasteiger partial charge in [-0.3, -0.25) is 9.10 Å². The SMILES string of the molecule is Cc1ccc(S(=O)(=O)OC2=C(C(=O)c3ccc4ccccc4c3)N(C)S(=O)(=O)c3ccccc32)cc1. The normalized spacial score (nSPS) is 15.0. The predicted octanol–water partition coefficient (Wildman–Crippen LogP) is 4.74. The van der Waals surface area contributed by atoms with Gasteiger partial charge in [0.25, 0.3) is 10.0 Å². The summed E-state index contributed by atoms with van der Waals surface area (Å²) in [5.41, 5.74) is 0.656. The van der Waals surface area contributed by atoms with Crippen LogP contribution in [0.25, 0.3) is 16.5 Å². The summed E-state index contributed by atoms with van der Waals surface area (Å²) in [6.07, 6.45) is 0. The number of carbonyl (C=O) groups is 1. The van der Waals surface area contributed by atoms with Gasteiger partial charge in [-0.2, -0.15) is 8.42 Å². The molecule has 0 amide bonds. The first kappa shape index (κ1) is 23.8. The minimum Gasteiger partial charge on any atom is -0.376 e. The summed E-state index contributed by atoms with van der Waals surface area (Å²) in [4.78, 5) is 13.5. The van der Waals surface area contributed by atoms with Crippen molar-refractivity contribution >= 4 is 42.5 Å². The van der Waals surface area contributed by atoms with Crippen molar-refractivity contribution in [3.05, 3.63) is 113 Å². The summed E-state index contributed by atoms with van der Waals surface area (Å²) in [7, 11) is -7.33. The molecule has 4 aromatic rings. The van der Waals surface area contributed by atoms with E-state index in [1.807, 2.05) is 31.2 Å². The number of ketones is 1. The van der Waals surface area contributed by atoms with Crippen molar-refractivity contribution in [2.75, 3.05) is 7.05 Å². The first-order chi connectivity index (χ1) is 17.1. The highest BCUT2D eigenvalue weighted by Crippen LogP contribution is 2.39. The summed E-state index contributed by atoms with van der Waals surface area (Å²) in [6, 6.07) is 24.2. The third-order valence-corrected chi connectivity index (χ3v) is 9.08. The smallest absolute Gasteiger partial charge is 0.339 e. The number of hydrogen-bond acceptors (Lipinski definition) is 6. The van der Waals surface area contributed by atoms with E-state index in [-0.39, 0.29) is 32.4 Å². The van der Waals surface area contributed by atoms with Gasteiger partial charge in [-0.05, 0) is 48.0 Å². The minimum atomic E-state index is -4.39. The van der Waals surface area contributed by atoms with Gasteiger partial charge >= 0.3 is 10.1 Å². The molecule has 0 saturated heterocycles. The molecule has 9 heteroatoms. The number of Topliss-reactive ketones (excluding diaryl/α,β-unsaturated/α-hetero) is 1. The molecule has 0 atom stereocenters. The molecule has 1 aliphatic rings. The van der Waals surface area contributed by atoms with E-state index in [1.165, 1.54) is 37.4 Å². The summed E-state index contributed by atoms with van der Waals surface area (Å²) < 4.78 is 59.4. The molecular weight excluding hydrogens is 498 g/mol. The molecule has 182 valence electrons. The second kappa shape index (κ2) is 8.61. The molecule has 5 rings (SSSR count). The van der Waals surface area contributed by atoms with E-state index in [4.69, 9.17) is 4.18 Å². The van der Waals surface area contributed by atoms with Crippen molar-refractivity contribution in [1.82, 2.24) is 4.31 Å². The van der Waals surface area contributed by atoms with Crippen molar-refractivity contribution in [3.8, 4) is 0 Å². The number of nitrogens with zero attached hydrogens (tertiary/aromatic N) is 1. The van der Waals surface area contributed by atoms with E-state index in [0.29, 0.717) is 0 Å². The molecule has 1 aliphatic heterocycles. The van der Waals surface area contributed by atoms with Gasteiger partial charge in [0.1, 0.15) is 10.6 Å². The summed E-state index contributed by atoms with van der Waals surface area (Å²) >= 11 is 0. The Morgan fingerprint density at radius 2 is 1.47 bits per heavy atom. The number of carbonyl (C=O) groups excluding carboxylic acids is 1. The van der Waals surface area contributed by atoms with Crippen LogP contribution in [-0.2, 0) is 24.3 Å². The number of aryl methyl sites for hydroxylation is 1. The average molecular weight is 520 g/mol. The molecular formula is C27H21NO6S2. The van der Waals surface area contributed by atoms with Gasteiger partial charge in [0.2, 0.25) is 5.78 Å². The van der Waals surface area contributed by atoms with E-state index in [1.54, 1.807) is 36.4 Å². The number of benzene rings is 4. The second-order valence-electron chi connectivity index (χ2n) is 8.39. The molecule has 0 aromatic heterocycles. The molecule has 0 aliphatic carbocycles. The van der Waals surface area contributed by atoms with Gasteiger partial charge in [-0.1, -0.05) is 66.2 Å². The lowest BCUT2D eigenvalue weighted by Crippen LogP contribution is -2.36. The topological polar surface area (TPSA) is 97.8 Å². The zero-order valence-electron chi connectivity index (χ0n) is 19.4. The van der Waals surface area contributed by atoms with Crippen LogP contribution in [0.1, 0.15) is 21.5 Å². The van der Waals surface area contributed by atoms with E-state index < -0.39 is 25.9 Å². The Labute approximate surface area is 209 Å². The molecule has 0 unspecified atom stereocenters. The maximum Gasteiger partial charge on any atom is 0.339 e. The van der Waals surface area contributed by atoms with Crippen LogP contribution in [0.3, 0.4) is 0 Å². The first-order valence-corrected chi connectivity index (χ1v) is 13.8. The lowest BCUT2D eigenvalue weighted by atomic mass is 10.0. The van der Waals surface area contributed by atoms with Crippen LogP contribution >= 0.6 is 0 Å². The Hall–Kier alpha value is -3.95. The maximum atomic E-state index is 13.8. The van der Waals surface area contributed by atoms with Crippen LogP contribution in [0.2, 0.25) is 0 Å². The van der Waals surface area contributed by atoms with Gasteiger partial charge in [0.05, 0.1) is 4.90 Å². The van der Waals surface area contributed by atoms with Crippen molar-refractivity contribution < 1.29 is 25.8 Å². The van der Waals surface area contributed by atoms with E-state index in [2.05, 4.69) is 0 Å². The molecule has 0 bridgehead atoms. The van der Waals surface area contributed by atoms with Gasteiger partial charge in [-0.25, -0.2) is 8.42 Å². The van der Waals surface area contributed by atoms with Crippen LogP contribution in [-0.4, -0.2) is 34.0 Å². The lowest BCUT2D eigenvalue weighted by Gasteiger charge is -2.30. The monoisotopic (exact) mass is 519 g/mol. The Kier molecular flexibility index (Phi) is 5.69. The molecule has 0 fully saturated rings. The highest BCUT2D eigenvalue weighted by Gasteiger charge is 2.40. The zero-order valence-corrected chi connectivity index (χ0v) is 21.0. The molecule has 0 spiro atoms. The molecule has 0 saturated carbocycles. The van der Waals surface area contributed by atoms with Gasteiger partial charge in [0.15, 0.2) is 5.76 Å². The predicted molar refractivity (Wildman–Crippen MR) is 136 cm³/mol. The maximum absolute atomic E-state index is 13.8. The van der Waals surface area contributed by atoms with Crippen molar-refractivity contribution in [1.29, 1.82) is 0 Å². The molecule has 1 heterocycles. The fourth-order valence-electron chi connectivity index (χ4n) is 4.08. The zero-order chi connectivity index (χ0) is 25.7. The fourth-order valence-corrected chi connectivity index (χ4v) is 6.42. The van der Waals surface area contributed by atoms with Crippen LogP contribution in [0.4, 0.5) is 0 Å². The fraction of sp³-hybridized carbons (Fsp3) is 0.0741. The van der Waals surface area contributed by atoms with Gasteiger partial charge in [-0.15, -0.1) is 0 Å². The Morgan fingerprint density at radius 3 is 2.19 bits per heavy atom. The number of hydrogen-bond donors (Lipinski definition) is 0. The lowest BCUT2D eigenvalue weighted by molar-refractivity contribution is 0.101. The number of allylic oxidation sites excluding steroid dienone is 1. The number of sulfonamides is 1. The standard InChI is InChI=1S/C27H21NO6S2/c1-18-11-15-22(16-12-18)36(32,33)34-27-23-9-5-6-10-24(23)35(30,31)28(2)25(27)26(29)21-14-13-19-7-3-4-8-20(19)17-21/h3-17H,1-2H3. The number of likely N-dealkylation sites (N-methyl/N-ethyl adjacent to an activating group) is 1. The van der Waals surface area contributed by atoms with Crippen LogP contribution < -0.4 is 0 Å². The highest BCUT2D eigenvalue weighted by atomic mass is 32.2. The average Bonchev–Trinajstić information content (AvgIpc) is 2.87. The molecule has 7 nitrogen and oxygen atoms in total. The molecule has 4 aromatic carbocycles. The van der Waals surface area contributed by atoms with Crippen molar-refractivity contribution in [3.63, 3.8) is 0 Å². The molecule has 0 radical (unpaired) electrons. The van der Waals surface area contributed by atoms with Crippen LogP contribution in [0.15, 0.2) is 106 Å². The summed E-state index contributed by atoms with van der Waals surface area (Å²) in [5, 5.41) is 1.68. The van der Waals surface area contributed by atoms with Crippen LogP contribution in [0.5, 0.6) is 0 Å². The Morgan fingerprint density at radius 1 is 0.833 bits per heavy atom. The number of rotatable bonds is 5. The van der Waals surface area contributed by atoms with Crippen molar-refractivity contribution in [2.45, 2.75) is 16.7 Å². The summed E-state index contributed by atoms with van der Waals surface area (Å²) in [6.45, 7) is 1.82. The second-order valence-corrected chi connectivity index (χ2v) is 11.9. The highest BCUT2D eigenvalue weighted by molar-refractivity contribution is 7.89. The Balaban J connectivity index is 1.73. The van der Waals surface area contributed by atoms with Crippen LogP contribution in [0, 0.1) is 6.92 Å². The van der Waals surface area contributed by atoms with E-state index in [9.17, 15) is 21.6 Å². The Bertz CT molecular complexity index is 1770. The summed E-state index contributed by atoms with van der Waals surface area (Å²) in [5.74, 6) is -1.03. The van der Waals surface area contributed by atoms with Crippen molar-refractivity contribution in [2.24, 2.45) is 0 Å². The van der Waals surface area contributed by atoms with Gasteiger partial charge < -0.3 is 4.18 Å². The largest absolute Gasteiger partial charge is 0.376 e. The third-order valence-electron chi connectivity index (χ3n) is 6.03. The van der Waals surface area contributed by atoms with Gasteiger partial charge in [0, 0.05) is 18.2 Å². The first-order valence-electron chi connectivity index (χ1n) is 11.0.